The highest BCUT2D eigenvalue weighted by molar-refractivity contribution is 5.38. The smallest absolute Gasteiger partial charge is 0.396 e. The van der Waals surface area contributed by atoms with Crippen molar-refractivity contribution < 1.29 is 27.4 Å². The van der Waals surface area contributed by atoms with E-state index in [-0.39, 0.29) is 17.5 Å². The first-order valence-corrected chi connectivity index (χ1v) is 8.56. The quantitative estimate of drug-likeness (QED) is 0.801. The van der Waals surface area contributed by atoms with E-state index in [1.165, 1.54) is 18.2 Å². The summed E-state index contributed by atoms with van der Waals surface area (Å²) in [5, 5.41) is 21.6. The van der Waals surface area contributed by atoms with Crippen molar-refractivity contribution in [3.05, 3.63) is 35.1 Å². The van der Waals surface area contributed by atoms with Crippen molar-refractivity contribution in [2.45, 2.75) is 43.1 Å². The molecule has 0 aliphatic carbocycles. The summed E-state index contributed by atoms with van der Waals surface area (Å²) in [6.07, 6.45) is -4.77. The van der Waals surface area contributed by atoms with Crippen LogP contribution in [-0.2, 0) is 4.74 Å². The lowest BCUT2D eigenvalue weighted by Gasteiger charge is -2.35. The highest BCUT2D eigenvalue weighted by Crippen LogP contribution is 2.51. The third-order valence-electron chi connectivity index (χ3n) is 5.45. The van der Waals surface area contributed by atoms with Crippen LogP contribution in [0.15, 0.2) is 18.2 Å². The molecule has 26 heavy (non-hydrogen) atoms. The van der Waals surface area contributed by atoms with Gasteiger partial charge in [0.05, 0.1) is 23.9 Å². The van der Waals surface area contributed by atoms with Gasteiger partial charge in [-0.05, 0) is 44.0 Å². The maximum Gasteiger partial charge on any atom is 0.396 e. The van der Waals surface area contributed by atoms with Crippen LogP contribution in [0.1, 0.15) is 36.3 Å². The fourth-order valence-corrected chi connectivity index (χ4v) is 4.11. The third-order valence-corrected chi connectivity index (χ3v) is 5.45. The zero-order valence-corrected chi connectivity index (χ0v) is 14.0. The molecule has 0 radical (unpaired) electrons. The van der Waals surface area contributed by atoms with Gasteiger partial charge in [0.2, 0.25) is 0 Å². The molecule has 3 rings (SSSR count). The average Bonchev–Trinajstić information content (AvgIpc) is 2.93. The van der Waals surface area contributed by atoms with Crippen LogP contribution in [0.4, 0.5) is 17.6 Å². The van der Waals surface area contributed by atoms with Gasteiger partial charge < -0.3 is 15.2 Å². The fourth-order valence-electron chi connectivity index (χ4n) is 4.11. The van der Waals surface area contributed by atoms with Crippen molar-refractivity contribution in [3.8, 4) is 6.07 Å². The molecule has 8 heteroatoms. The number of piperidine rings is 1. The summed E-state index contributed by atoms with van der Waals surface area (Å²) < 4.78 is 61.0. The van der Waals surface area contributed by atoms with Crippen molar-refractivity contribution in [3.63, 3.8) is 0 Å². The normalized spacial score (nSPS) is 26.6. The molecule has 0 amide bonds. The highest BCUT2D eigenvalue weighted by atomic mass is 19.4. The maximum atomic E-state index is 14.7. The number of nitrogens with one attached hydrogen (secondary N) is 1. The minimum Gasteiger partial charge on any atom is -0.396 e. The predicted molar refractivity (Wildman–Crippen MR) is 84.8 cm³/mol. The Labute approximate surface area is 148 Å². The molecule has 2 unspecified atom stereocenters. The predicted octanol–water partition coefficient (Wildman–Crippen LogP) is 2.86. The Bertz CT molecular complexity index is 695. The number of rotatable bonds is 3. The van der Waals surface area contributed by atoms with Crippen LogP contribution in [0.3, 0.4) is 0 Å². The molecule has 2 heterocycles. The van der Waals surface area contributed by atoms with Crippen molar-refractivity contribution in [2.24, 2.45) is 5.92 Å². The number of aliphatic hydroxyl groups is 1. The number of halogens is 4. The Kier molecular flexibility index (Phi) is 5.24. The van der Waals surface area contributed by atoms with E-state index in [2.05, 4.69) is 5.32 Å². The number of aliphatic hydroxyl groups excluding tert-OH is 1. The van der Waals surface area contributed by atoms with E-state index in [1.54, 1.807) is 6.07 Å². The van der Waals surface area contributed by atoms with E-state index in [1.807, 2.05) is 0 Å². The molecule has 0 saturated carbocycles. The topological polar surface area (TPSA) is 65.3 Å². The minimum absolute atomic E-state index is 0.0483. The standard InChI is InChI=1S/C18H20F4N2O2/c19-15-11(9-23)2-1-3-12(15)13-8-17(4-6-24-7-5-17)26-16(13)14(10-25)18(20,21)22/h1-3,13-14,16,24-25H,4-8,10H2/t13?,14?,16-/m1/s1. The van der Waals surface area contributed by atoms with Crippen LogP contribution in [0.25, 0.3) is 0 Å². The lowest BCUT2D eigenvalue weighted by Crippen LogP contribution is -2.44. The van der Waals surface area contributed by atoms with Crippen molar-refractivity contribution in [1.82, 2.24) is 5.32 Å². The molecule has 2 N–H and O–H groups in total. The van der Waals surface area contributed by atoms with Gasteiger partial charge >= 0.3 is 6.18 Å². The highest BCUT2D eigenvalue weighted by Gasteiger charge is 2.56. The molecule has 2 fully saturated rings. The van der Waals surface area contributed by atoms with Crippen LogP contribution in [0.5, 0.6) is 0 Å². The Morgan fingerprint density at radius 2 is 2.04 bits per heavy atom. The Morgan fingerprint density at radius 1 is 1.35 bits per heavy atom. The summed E-state index contributed by atoms with van der Waals surface area (Å²) in [4.78, 5) is 0. The van der Waals surface area contributed by atoms with Gasteiger partial charge in [-0.15, -0.1) is 0 Å². The van der Waals surface area contributed by atoms with Gasteiger partial charge in [-0.1, -0.05) is 12.1 Å². The van der Waals surface area contributed by atoms with E-state index < -0.39 is 42.1 Å². The van der Waals surface area contributed by atoms with E-state index >= 15 is 0 Å². The molecular formula is C18H20F4N2O2. The molecule has 1 spiro atoms. The van der Waals surface area contributed by atoms with Gasteiger partial charge in [0.25, 0.3) is 0 Å². The van der Waals surface area contributed by atoms with Crippen molar-refractivity contribution >= 4 is 0 Å². The summed E-state index contributed by atoms with van der Waals surface area (Å²) >= 11 is 0. The van der Waals surface area contributed by atoms with Crippen LogP contribution >= 0.6 is 0 Å². The second-order valence-electron chi connectivity index (χ2n) is 6.98. The molecule has 1 aromatic rings. The molecule has 0 aromatic heterocycles. The number of benzene rings is 1. The lowest BCUT2D eigenvalue weighted by atomic mass is 9.79. The molecular weight excluding hydrogens is 352 g/mol. The second-order valence-corrected chi connectivity index (χ2v) is 6.98. The molecule has 2 aliphatic heterocycles. The first-order chi connectivity index (χ1) is 12.3. The summed E-state index contributed by atoms with van der Waals surface area (Å²) in [7, 11) is 0. The summed E-state index contributed by atoms with van der Waals surface area (Å²) in [5.41, 5.74) is -0.929. The Balaban J connectivity index is 2.03. The fraction of sp³-hybridized carbons (Fsp3) is 0.611. The van der Waals surface area contributed by atoms with E-state index in [4.69, 9.17) is 10.00 Å². The molecule has 142 valence electrons. The number of hydrogen-bond donors (Lipinski definition) is 2. The first kappa shape index (κ1) is 19.1. The SMILES string of the molecule is N#Cc1cccc(C2CC3(CCNCC3)O[C@H]2C(CO)C(F)(F)F)c1F. The number of nitriles is 1. The second kappa shape index (κ2) is 7.14. The van der Waals surface area contributed by atoms with Crippen LogP contribution in [-0.4, -0.2) is 42.7 Å². The number of nitrogens with zero attached hydrogens (tertiary/aromatic N) is 1. The van der Waals surface area contributed by atoms with Crippen molar-refractivity contribution in [2.75, 3.05) is 19.7 Å². The van der Waals surface area contributed by atoms with E-state index in [9.17, 15) is 22.7 Å². The van der Waals surface area contributed by atoms with E-state index in [0.29, 0.717) is 25.9 Å². The average molecular weight is 372 g/mol. The van der Waals surface area contributed by atoms with Gasteiger partial charge in [-0.3, -0.25) is 0 Å². The molecule has 3 atom stereocenters. The molecule has 4 nitrogen and oxygen atoms in total. The molecule has 0 bridgehead atoms. The molecule has 2 aliphatic rings. The Morgan fingerprint density at radius 3 is 2.62 bits per heavy atom. The number of alkyl halides is 3. The zero-order valence-electron chi connectivity index (χ0n) is 14.0. The van der Waals surface area contributed by atoms with Gasteiger partial charge in [0.15, 0.2) is 0 Å². The van der Waals surface area contributed by atoms with Crippen molar-refractivity contribution in [1.29, 1.82) is 5.26 Å². The lowest BCUT2D eigenvalue weighted by molar-refractivity contribution is -0.224. The molecule has 2 saturated heterocycles. The van der Waals surface area contributed by atoms with Gasteiger partial charge in [-0.25, -0.2) is 4.39 Å². The summed E-state index contributed by atoms with van der Waals surface area (Å²) in [6, 6.07) is 5.88. The number of ether oxygens (including phenoxy) is 1. The van der Waals surface area contributed by atoms with Gasteiger partial charge in [0, 0.05) is 5.92 Å². The maximum absolute atomic E-state index is 14.7. The third kappa shape index (κ3) is 3.43. The first-order valence-electron chi connectivity index (χ1n) is 8.56. The van der Waals surface area contributed by atoms with E-state index in [0.717, 1.165) is 0 Å². The Hall–Kier alpha value is -1.69. The minimum atomic E-state index is -4.67. The monoisotopic (exact) mass is 372 g/mol. The zero-order chi connectivity index (χ0) is 18.9. The number of hydrogen-bond acceptors (Lipinski definition) is 4. The van der Waals surface area contributed by atoms with Gasteiger partial charge in [0.1, 0.15) is 17.8 Å². The summed E-state index contributed by atoms with van der Waals surface area (Å²) in [5.74, 6) is -3.79. The van der Waals surface area contributed by atoms with Crippen LogP contribution < -0.4 is 5.32 Å². The van der Waals surface area contributed by atoms with Gasteiger partial charge in [-0.2, -0.15) is 18.4 Å². The summed E-state index contributed by atoms with van der Waals surface area (Å²) in [6.45, 7) is 0.0878. The van der Waals surface area contributed by atoms with Crippen LogP contribution in [0.2, 0.25) is 0 Å². The van der Waals surface area contributed by atoms with Crippen LogP contribution in [0, 0.1) is 23.1 Å². The largest absolute Gasteiger partial charge is 0.396 e. The molecule has 1 aromatic carbocycles.